The van der Waals surface area contributed by atoms with Crippen LogP contribution in [0, 0.1) is 13.8 Å². The first-order valence-corrected chi connectivity index (χ1v) is 11.7. The molecule has 2 aromatic carbocycles. The van der Waals surface area contributed by atoms with Crippen molar-refractivity contribution in [2.45, 2.75) is 37.9 Å². The molecule has 8 nitrogen and oxygen atoms in total. The van der Waals surface area contributed by atoms with Gasteiger partial charge in [0.05, 0.1) is 11.4 Å². The van der Waals surface area contributed by atoms with Gasteiger partial charge in [0.15, 0.2) is 10.9 Å². The molecular weight excluding hydrogens is 462 g/mol. The zero-order chi connectivity index (χ0) is 23.5. The number of aryl methyl sites for hydroxylation is 2. The molecule has 0 radical (unpaired) electrons. The fourth-order valence-corrected chi connectivity index (χ4v) is 4.58. The summed E-state index contributed by atoms with van der Waals surface area (Å²) >= 11 is 7.20. The molecule has 33 heavy (non-hydrogen) atoms. The van der Waals surface area contributed by atoms with Gasteiger partial charge in [0.25, 0.3) is 0 Å². The Morgan fingerprint density at radius 3 is 2.64 bits per heavy atom. The molecule has 1 aliphatic rings. The summed E-state index contributed by atoms with van der Waals surface area (Å²) in [5, 5.41) is 14.8. The maximum atomic E-state index is 12.7. The highest BCUT2D eigenvalue weighted by Crippen LogP contribution is 2.27. The first kappa shape index (κ1) is 23.0. The van der Waals surface area contributed by atoms with Crippen LogP contribution in [0.4, 0.5) is 4.79 Å². The number of imide groups is 1. The lowest BCUT2D eigenvalue weighted by Crippen LogP contribution is -2.53. The van der Waals surface area contributed by atoms with E-state index in [1.807, 2.05) is 36.6 Å². The van der Waals surface area contributed by atoms with E-state index in [4.69, 9.17) is 11.6 Å². The summed E-state index contributed by atoms with van der Waals surface area (Å²) in [6, 6.07) is 11.9. The molecule has 1 aliphatic heterocycles. The van der Waals surface area contributed by atoms with Crippen LogP contribution in [0.3, 0.4) is 0 Å². The van der Waals surface area contributed by atoms with Gasteiger partial charge in [0, 0.05) is 29.5 Å². The van der Waals surface area contributed by atoms with Gasteiger partial charge in [-0.05, 0) is 55.3 Å². The molecule has 2 N–H and O–H groups in total. The number of nitrogens with zero attached hydrogens (tertiary/aromatic N) is 3. The number of thioether (sulfide) groups is 1. The molecule has 0 bridgehead atoms. The Bertz CT molecular complexity index is 1210. The predicted octanol–water partition coefficient (Wildman–Crippen LogP) is 3.65. The molecule has 4 rings (SSSR count). The number of ketones is 1. The Balaban J connectivity index is 1.63. The summed E-state index contributed by atoms with van der Waals surface area (Å²) in [5.74, 6) is 0.396. The molecule has 1 fully saturated rings. The van der Waals surface area contributed by atoms with Crippen LogP contribution in [-0.2, 0) is 11.2 Å². The molecule has 1 unspecified atom stereocenters. The average molecular weight is 484 g/mol. The van der Waals surface area contributed by atoms with E-state index in [2.05, 4.69) is 20.8 Å². The monoisotopic (exact) mass is 483 g/mol. The summed E-state index contributed by atoms with van der Waals surface area (Å²) in [6.45, 7) is 3.98. The first-order valence-electron chi connectivity index (χ1n) is 10.3. The van der Waals surface area contributed by atoms with Crippen LogP contribution in [0.2, 0.25) is 5.02 Å². The number of nitrogens with one attached hydrogen (secondary N) is 2. The van der Waals surface area contributed by atoms with E-state index in [9.17, 15) is 14.4 Å². The molecule has 0 saturated carbocycles. The minimum Gasteiger partial charge on any atom is -0.334 e. The predicted molar refractivity (Wildman–Crippen MR) is 126 cm³/mol. The Labute approximate surface area is 200 Å². The number of rotatable bonds is 7. The van der Waals surface area contributed by atoms with E-state index < -0.39 is 12.1 Å². The number of hydrogen-bond acceptors (Lipinski definition) is 6. The highest BCUT2D eigenvalue weighted by Gasteiger charge is 2.27. The maximum Gasteiger partial charge on any atom is 0.321 e. The Morgan fingerprint density at radius 2 is 1.91 bits per heavy atom. The van der Waals surface area contributed by atoms with Crippen LogP contribution in [0.25, 0.3) is 5.69 Å². The number of Topliss-reactive ketones (excluding diaryl/α,β-unsaturated/α-hetero) is 1. The zero-order valence-electron chi connectivity index (χ0n) is 18.1. The number of amides is 3. The van der Waals surface area contributed by atoms with E-state index in [1.165, 1.54) is 11.8 Å². The summed E-state index contributed by atoms with van der Waals surface area (Å²) < 4.78 is 1.90. The van der Waals surface area contributed by atoms with Gasteiger partial charge < -0.3 is 5.32 Å². The van der Waals surface area contributed by atoms with Crippen molar-refractivity contribution in [2.24, 2.45) is 0 Å². The van der Waals surface area contributed by atoms with Gasteiger partial charge in [0.1, 0.15) is 5.82 Å². The Morgan fingerprint density at radius 1 is 1.15 bits per heavy atom. The highest BCUT2D eigenvalue weighted by atomic mass is 35.5. The molecule has 3 amide bonds. The maximum absolute atomic E-state index is 12.7. The van der Waals surface area contributed by atoms with Crippen molar-refractivity contribution in [3.05, 3.63) is 70.0 Å². The second-order valence-electron chi connectivity index (χ2n) is 7.87. The topological polar surface area (TPSA) is 106 Å². The number of carbonyl (C=O) groups is 3. The van der Waals surface area contributed by atoms with E-state index in [0.29, 0.717) is 28.0 Å². The van der Waals surface area contributed by atoms with Crippen molar-refractivity contribution in [1.82, 2.24) is 25.4 Å². The van der Waals surface area contributed by atoms with Crippen LogP contribution < -0.4 is 10.6 Å². The van der Waals surface area contributed by atoms with Crippen molar-refractivity contribution in [3.63, 3.8) is 0 Å². The van der Waals surface area contributed by atoms with Crippen molar-refractivity contribution in [1.29, 1.82) is 0 Å². The largest absolute Gasteiger partial charge is 0.334 e. The van der Waals surface area contributed by atoms with E-state index >= 15 is 0 Å². The molecular formula is C23H22ClN5O3S. The number of aromatic nitrogens is 3. The van der Waals surface area contributed by atoms with E-state index in [1.54, 1.807) is 24.3 Å². The second-order valence-corrected chi connectivity index (χ2v) is 9.25. The number of carbonyl (C=O) groups excluding carboxylic acids is 3. The van der Waals surface area contributed by atoms with Crippen LogP contribution in [0.1, 0.15) is 33.7 Å². The minimum absolute atomic E-state index is 0.0510. The van der Waals surface area contributed by atoms with E-state index in [0.717, 1.165) is 16.8 Å². The van der Waals surface area contributed by atoms with Crippen LogP contribution >= 0.6 is 23.4 Å². The van der Waals surface area contributed by atoms with Gasteiger partial charge in [-0.1, -0.05) is 35.5 Å². The van der Waals surface area contributed by atoms with Crippen molar-refractivity contribution in [2.75, 3.05) is 5.75 Å². The second kappa shape index (κ2) is 9.76. The van der Waals surface area contributed by atoms with Crippen molar-refractivity contribution in [3.8, 4) is 5.69 Å². The molecule has 170 valence electrons. The van der Waals surface area contributed by atoms with E-state index in [-0.39, 0.29) is 23.9 Å². The third-order valence-electron chi connectivity index (χ3n) is 5.25. The lowest BCUT2D eigenvalue weighted by atomic mass is 10.1. The first-order chi connectivity index (χ1) is 15.8. The molecule has 3 aromatic rings. The van der Waals surface area contributed by atoms with Gasteiger partial charge >= 0.3 is 6.03 Å². The molecule has 2 heterocycles. The van der Waals surface area contributed by atoms with Gasteiger partial charge in [-0.2, -0.15) is 0 Å². The smallest absolute Gasteiger partial charge is 0.321 e. The van der Waals surface area contributed by atoms with Gasteiger partial charge in [-0.15, -0.1) is 10.2 Å². The molecule has 0 spiro atoms. The minimum atomic E-state index is -0.516. The fourth-order valence-electron chi connectivity index (χ4n) is 3.60. The zero-order valence-corrected chi connectivity index (χ0v) is 19.7. The summed E-state index contributed by atoms with van der Waals surface area (Å²) in [7, 11) is 0. The highest BCUT2D eigenvalue weighted by molar-refractivity contribution is 7.99. The van der Waals surface area contributed by atoms with Gasteiger partial charge in [-0.25, -0.2) is 4.79 Å². The lowest BCUT2D eigenvalue weighted by molar-refractivity contribution is -0.121. The quantitative estimate of drug-likeness (QED) is 0.392. The van der Waals surface area contributed by atoms with Crippen molar-refractivity contribution < 1.29 is 14.4 Å². The van der Waals surface area contributed by atoms with Gasteiger partial charge in [-0.3, -0.25) is 19.5 Å². The molecule has 0 aliphatic carbocycles. The van der Waals surface area contributed by atoms with Crippen LogP contribution in [0.5, 0.6) is 0 Å². The summed E-state index contributed by atoms with van der Waals surface area (Å²) in [5.41, 5.74) is 3.54. The Hall–Kier alpha value is -3.17. The fraction of sp³-hybridized carbons (Fsp3) is 0.261. The van der Waals surface area contributed by atoms with Crippen LogP contribution in [-0.4, -0.2) is 44.3 Å². The molecule has 1 aromatic heterocycles. The third kappa shape index (κ3) is 5.43. The molecule has 1 atom stereocenters. The molecule has 10 heteroatoms. The molecule has 1 saturated heterocycles. The standard InChI is InChI=1S/C23H22ClN5O3S/c1-13-3-4-14(2)18(9-13)29-20(10-17-11-21(31)26-22(32)25-17)27-28-23(29)33-12-19(30)15-5-7-16(24)8-6-15/h3-9,17H,10-12H2,1-2H3,(H2,25,26,31,32). The number of hydrogen-bond donors (Lipinski definition) is 2. The number of benzene rings is 2. The SMILES string of the molecule is Cc1ccc(C)c(-n2c(CC3CC(=O)NC(=O)N3)nnc2SCC(=O)c2ccc(Cl)cc2)c1. The third-order valence-corrected chi connectivity index (χ3v) is 6.43. The van der Waals surface area contributed by atoms with Crippen molar-refractivity contribution >= 4 is 41.1 Å². The normalized spacial score (nSPS) is 15.8. The summed E-state index contributed by atoms with van der Waals surface area (Å²) in [6.07, 6.45) is 0.480. The Kier molecular flexibility index (Phi) is 6.80. The number of halogens is 1. The van der Waals surface area contributed by atoms with Gasteiger partial charge in [0.2, 0.25) is 5.91 Å². The lowest BCUT2D eigenvalue weighted by Gasteiger charge is -2.23. The number of urea groups is 1. The summed E-state index contributed by atoms with van der Waals surface area (Å²) in [4.78, 5) is 36.2. The average Bonchev–Trinajstić information content (AvgIpc) is 3.15. The van der Waals surface area contributed by atoms with Crippen LogP contribution in [0.15, 0.2) is 47.6 Å².